The summed E-state index contributed by atoms with van der Waals surface area (Å²) >= 11 is 3.33. The lowest BCUT2D eigenvalue weighted by Crippen LogP contribution is -2.15. The maximum Gasteiger partial charge on any atom is 0.259 e. The summed E-state index contributed by atoms with van der Waals surface area (Å²) in [6.45, 7) is 0. The summed E-state index contributed by atoms with van der Waals surface area (Å²) in [5, 5.41) is 5.81. The first-order valence-electron chi connectivity index (χ1n) is 6.43. The molecule has 2 N–H and O–H groups in total. The van der Waals surface area contributed by atoms with Crippen LogP contribution in [-0.4, -0.2) is 32.0 Å². The van der Waals surface area contributed by atoms with Gasteiger partial charge in [0.05, 0.1) is 5.56 Å². The number of nitrogens with zero attached hydrogens (tertiary/aromatic N) is 2. The molecule has 5 nitrogen and oxygen atoms in total. The number of amides is 1. The van der Waals surface area contributed by atoms with Gasteiger partial charge in [0, 0.05) is 43.2 Å². The zero-order valence-corrected chi connectivity index (χ0v) is 13.7. The number of rotatable bonds is 4. The number of anilines is 3. The Labute approximate surface area is 132 Å². The van der Waals surface area contributed by atoms with Crippen LogP contribution in [0.1, 0.15) is 10.4 Å². The molecule has 1 aromatic carbocycles. The van der Waals surface area contributed by atoms with E-state index in [2.05, 4.69) is 31.5 Å². The Hall–Kier alpha value is -2.08. The van der Waals surface area contributed by atoms with Gasteiger partial charge in [0.2, 0.25) is 0 Å². The van der Waals surface area contributed by atoms with Crippen molar-refractivity contribution in [3.05, 3.63) is 46.6 Å². The van der Waals surface area contributed by atoms with E-state index in [-0.39, 0.29) is 5.91 Å². The number of carbonyl (C=O) groups is 1. The molecule has 0 aliphatic carbocycles. The van der Waals surface area contributed by atoms with Crippen LogP contribution in [-0.2, 0) is 0 Å². The van der Waals surface area contributed by atoms with Crippen LogP contribution in [0.5, 0.6) is 0 Å². The van der Waals surface area contributed by atoms with Crippen LogP contribution < -0.4 is 15.5 Å². The number of carbonyl (C=O) groups excluding carboxylic acids is 1. The van der Waals surface area contributed by atoms with Crippen molar-refractivity contribution < 1.29 is 4.79 Å². The van der Waals surface area contributed by atoms with Crippen molar-refractivity contribution in [1.82, 2.24) is 4.98 Å². The second kappa shape index (κ2) is 6.58. The van der Waals surface area contributed by atoms with E-state index in [0.29, 0.717) is 11.4 Å². The minimum absolute atomic E-state index is 0.205. The minimum Gasteiger partial charge on any atom is -0.378 e. The molecule has 1 heterocycles. The Morgan fingerprint density at radius 2 is 2.05 bits per heavy atom. The van der Waals surface area contributed by atoms with Crippen molar-refractivity contribution in [1.29, 1.82) is 0 Å². The van der Waals surface area contributed by atoms with Crippen LogP contribution in [0.3, 0.4) is 0 Å². The molecule has 1 amide bonds. The van der Waals surface area contributed by atoms with Gasteiger partial charge < -0.3 is 15.5 Å². The molecule has 0 fully saturated rings. The first-order chi connectivity index (χ1) is 10.0. The molecule has 2 aromatic rings. The predicted molar refractivity (Wildman–Crippen MR) is 90.2 cm³/mol. The summed E-state index contributed by atoms with van der Waals surface area (Å²) in [5.74, 6) is 0.337. The van der Waals surface area contributed by atoms with E-state index in [1.807, 2.05) is 43.3 Å². The van der Waals surface area contributed by atoms with Gasteiger partial charge in [0.25, 0.3) is 5.91 Å². The summed E-state index contributed by atoms with van der Waals surface area (Å²) in [6.07, 6.45) is 1.65. The number of nitrogens with one attached hydrogen (secondary N) is 2. The van der Waals surface area contributed by atoms with E-state index < -0.39 is 0 Å². The third-order valence-electron chi connectivity index (χ3n) is 2.96. The molecule has 0 spiro atoms. The first kappa shape index (κ1) is 15.3. The number of aromatic nitrogens is 1. The van der Waals surface area contributed by atoms with Crippen LogP contribution >= 0.6 is 15.9 Å². The van der Waals surface area contributed by atoms with Crippen molar-refractivity contribution in [3.63, 3.8) is 0 Å². The predicted octanol–water partition coefficient (Wildman–Crippen LogP) is 3.20. The highest BCUT2D eigenvalue weighted by Gasteiger charge is 2.13. The lowest BCUT2D eigenvalue weighted by Gasteiger charge is -2.14. The highest BCUT2D eigenvalue weighted by molar-refractivity contribution is 9.10. The first-order valence-corrected chi connectivity index (χ1v) is 7.22. The maximum atomic E-state index is 12.4. The van der Waals surface area contributed by atoms with E-state index in [1.165, 1.54) is 0 Å². The molecule has 0 aliphatic rings. The molecule has 0 aliphatic heterocycles. The Morgan fingerprint density at radius 3 is 2.71 bits per heavy atom. The van der Waals surface area contributed by atoms with Crippen LogP contribution in [0.15, 0.2) is 41.0 Å². The summed E-state index contributed by atoms with van der Waals surface area (Å²) in [6, 6.07) is 9.40. The van der Waals surface area contributed by atoms with Crippen molar-refractivity contribution in [3.8, 4) is 0 Å². The van der Waals surface area contributed by atoms with Crippen LogP contribution in [0.2, 0.25) is 0 Å². The lowest BCUT2D eigenvalue weighted by atomic mass is 10.2. The third-order valence-corrected chi connectivity index (χ3v) is 3.39. The van der Waals surface area contributed by atoms with E-state index in [0.717, 1.165) is 15.8 Å². The van der Waals surface area contributed by atoms with Gasteiger partial charge in [0.15, 0.2) is 0 Å². The van der Waals surface area contributed by atoms with Gasteiger partial charge in [-0.2, -0.15) is 0 Å². The molecule has 0 unspecified atom stereocenters. The van der Waals surface area contributed by atoms with Gasteiger partial charge in [-0.05, 0) is 40.2 Å². The van der Waals surface area contributed by atoms with Crippen LogP contribution in [0, 0.1) is 0 Å². The van der Waals surface area contributed by atoms with Gasteiger partial charge in [-0.3, -0.25) is 4.79 Å². The highest BCUT2D eigenvalue weighted by atomic mass is 79.9. The Kier molecular flexibility index (Phi) is 4.80. The van der Waals surface area contributed by atoms with Gasteiger partial charge >= 0.3 is 0 Å². The zero-order chi connectivity index (χ0) is 15.4. The molecule has 21 heavy (non-hydrogen) atoms. The molecule has 0 saturated heterocycles. The molecular weight excluding hydrogens is 332 g/mol. The molecule has 6 heteroatoms. The molecule has 0 radical (unpaired) electrons. The molecule has 2 rings (SSSR count). The number of halogens is 1. The van der Waals surface area contributed by atoms with E-state index in [4.69, 9.17) is 0 Å². The van der Waals surface area contributed by atoms with Crippen molar-refractivity contribution in [2.75, 3.05) is 36.7 Å². The van der Waals surface area contributed by atoms with Crippen molar-refractivity contribution in [2.24, 2.45) is 0 Å². The fraction of sp³-hybridized carbons (Fsp3) is 0.200. The normalized spacial score (nSPS) is 10.1. The highest BCUT2D eigenvalue weighted by Crippen LogP contribution is 2.21. The smallest absolute Gasteiger partial charge is 0.259 e. The SMILES string of the molecule is CNc1ncc(Br)cc1C(=O)Nc1cccc(N(C)C)c1. The quantitative estimate of drug-likeness (QED) is 0.890. The fourth-order valence-corrected chi connectivity index (χ4v) is 2.20. The number of hydrogen-bond donors (Lipinski definition) is 2. The van der Waals surface area contributed by atoms with Gasteiger partial charge in [0.1, 0.15) is 5.82 Å². The number of benzene rings is 1. The Balaban J connectivity index is 2.26. The van der Waals surface area contributed by atoms with Crippen molar-refractivity contribution in [2.45, 2.75) is 0 Å². The molecule has 0 bridgehead atoms. The van der Waals surface area contributed by atoms with E-state index in [1.54, 1.807) is 19.3 Å². The Morgan fingerprint density at radius 1 is 1.29 bits per heavy atom. The topological polar surface area (TPSA) is 57.3 Å². The van der Waals surface area contributed by atoms with Crippen LogP contribution in [0.25, 0.3) is 0 Å². The number of pyridine rings is 1. The molecule has 1 aromatic heterocycles. The lowest BCUT2D eigenvalue weighted by molar-refractivity contribution is 0.102. The minimum atomic E-state index is -0.205. The zero-order valence-electron chi connectivity index (χ0n) is 12.1. The third kappa shape index (κ3) is 3.72. The Bertz CT molecular complexity index is 658. The van der Waals surface area contributed by atoms with Gasteiger partial charge in [-0.15, -0.1) is 0 Å². The largest absolute Gasteiger partial charge is 0.378 e. The second-order valence-electron chi connectivity index (χ2n) is 4.70. The van der Waals surface area contributed by atoms with E-state index >= 15 is 0 Å². The van der Waals surface area contributed by atoms with Gasteiger partial charge in [-0.1, -0.05) is 6.07 Å². The van der Waals surface area contributed by atoms with Crippen LogP contribution in [0.4, 0.5) is 17.2 Å². The summed E-state index contributed by atoms with van der Waals surface area (Å²) in [7, 11) is 5.65. The second-order valence-corrected chi connectivity index (χ2v) is 5.61. The summed E-state index contributed by atoms with van der Waals surface area (Å²) in [4.78, 5) is 18.6. The molecular formula is C15H17BrN4O. The average Bonchev–Trinajstić information content (AvgIpc) is 2.47. The van der Waals surface area contributed by atoms with E-state index in [9.17, 15) is 4.79 Å². The average molecular weight is 349 g/mol. The molecule has 0 atom stereocenters. The van der Waals surface area contributed by atoms with Crippen molar-refractivity contribution >= 4 is 39.0 Å². The monoisotopic (exact) mass is 348 g/mol. The summed E-state index contributed by atoms with van der Waals surface area (Å²) < 4.78 is 0.758. The molecule has 110 valence electrons. The number of hydrogen-bond acceptors (Lipinski definition) is 4. The fourth-order valence-electron chi connectivity index (χ4n) is 1.87. The maximum absolute atomic E-state index is 12.4. The standard InChI is InChI=1S/C15H17BrN4O/c1-17-14-13(7-10(16)9-18-14)15(21)19-11-5-4-6-12(8-11)20(2)3/h4-9H,1-3H3,(H,17,18)(H,19,21). The van der Waals surface area contributed by atoms with Gasteiger partial charge in [-0.25, -0.2) is 4.98 Å². The molecule has 0 saturated carbocycles. The summed E-state index contributed by atoms with van der Waals surface area (Å²) in [5.41, 5.74) is 2.25.